The second-order valence-electron chi connectivity index (χ2n) is 38.0. The van der Waals surface area contributed by atoms with Gasteiger partial charge in [-0.2, -0.15) is 15.3 Å². The first-order chi connectivity index (χ1) is 70.8. The summed E-state index contributed by atoms with van der Waals surface area (Å²) in [7, 11) is 8.12. The van der Waals surface area contributed by atoms with Gasteiger partial charge in [-0.3, -0.25) is 14.5 Å². The monoisotopic (exact) mass is 2280 g/mol. The molecule has 5 N–H and O–H groups in total. The third-order valence-corrected chi connectivity index (χ3v) is 33.0. The predicted octanol–water partition coefficient (Wildman–Crippen LogP) is 25.1. The zero-order chi connectivity index (χ0) is 105. The van der Waals surface area contributed by atoms with Gasteiger partial charge >= 0.3 is 49.2 Å². The molecule has 5 aliphatic heterocycles. The van der Waals surface area contributed by atoms with Crippen LogP contribution in [0.4, 0.5) is 20.4 Å². The molecular weight excluding hydrogens is 2160 g/mol. The number of anilines is 2. The van der Waals surface area contributed by atoms with Gasteiger partial charge in [0.05, 0.1) is 64.1 Å². The molecule has 10 aromatic carbocycles. The quantitative estimate of drug-likeness (QED) is 0.0210. The summed E-state index contributed by atoms with van der Waals surface area (Å²) in [6, 6.07) is 90.2. The molecule has 5 aromatic heterocycles. The zero-order valence-corrected chi connectivity index (χ0v) is 94.6. The molecule has 5 fully saturated rings. The fourth-order valence-corrected chi connectivity index (χ4v) is 23.2. The van der Waals surface area contributed by atoms with Crippen LogP contribution in [0.15, 0.2) is 316 Å². The molecule has 0 aliphatic carbocycles. The summed E-state index contributed by atoms with van der Waals surface area (Å²) in [4.78, 5) is 15.6. The van der Waals surface area contributed by atoms with E-state index in [4.69, 9.17) is 117 Å². The Hall–Kier alpha value is -9.12. The largest absolute Gasteiger partial charge is 0.0622 e. The van der Waals surface area contributed by atoms with Crippen LogP contribution in [0.3, 0.4) is 0 Å². The number of ether oxygens (including phenoxy) is 2. The van der Waals surface area contributed by atoms with Gasteiger partial charge in [0, 0.05) is 99.9 Å². The maximum atomic E-state index is 13.9. The van der Waals surface area contributed by atoms with Gasteiger partial charge in [-0.05, 0) is 266 Å². The van der Waals surface area contributed by atoms with Gasteiger partial charge < -0.3 is 54.3 Å². The van der Waals surface area contributed by atoms with Crippen molar-refractivity contribution in [1.82, 2.24) is 54.4 Å². The number of hydrogen-bond donors (Lipinski definition) is 3. The number of nitrogens with one attached hydrogen (secondary N) is 1. The maximum absolute atomic E-state index is 13.9. The van der Waals surface area contributed by atoms with E-state index in [0.717, 1.165) is 96.0 Å². The van der Waals surface area contributed by atoms with Crippen LogP contribution in [-0.2, 0) is 47.6 Å². The van der Waals surface area contributed by atoms with E-state index in [9.17, 15) is 8.78 Å². The Bertz CT molecular complexity index is 6200. The molecule has 0 amide bonds. The molecule has 5 aliphatic rings. The van der Waals surface area contributed by atoms with Crippen molar-refractivity contribution in [1.29, 1.82) is 0 Å². The number of benzene rings is 10. The molecule has 148 heavy (non-hydrogen) atoms. The summed E-state index contributed by atoms with van der Waals surface area (Å²) in [5.74, 6) is 0.946. The fraction of sp³-hybridized carbons (Fsp3) is 0.307. The Kier molecular flexibility index (Phi) is 45.7. The Morgan fingerprint density at radius 3 is 1.04 bits per heavy atom. The van der Waals surface area contributed by atoms with Crippen molar-refractivity contribution in [2.45, 2.75) is 162 Å². The second-order valence-corrected chi connectivity index (χ2v) is 46.7. The minimum atomic E-state index is -0.627. The van der Waals surface area contributed by atoms with E-state index in [0.29, 0.717) is 32.7 Å². The minimum absolute atomic E-state index is 0. The number of aryl methyl sites for hydroxylation is 1. The molecule has 0 saturated carbocycles. The smallest absolute Gasteiger partial charge is 0.0134 e. The minimum Gasteiger partial charge on any atom is -0.0622 e. The molecule has 2 atom stereocenters. The molecule has 15 aromatic rings. The van der Waals surface area contributed by atoms with Crippen LogP contribution in [0.25, 0.3) is 33.4 Å². The zero-order valence-electron chi connectivity index (χ0n) is 85.2. The number of likely N-dealkylation sites (tertiary alicyclic amines) is 3. The number of halogens is 10. The molecule has 2 unspecified atom stereocenters. The number of pyridine rings is 2. The number of nitrogen functional groups attached to an aromatic ring is 2. The van der Waals surface area contributed by atoms with Crippen LogP contribution >= 0.6 is 105 Å². The molecular formula is C114H129B2Cl8F2N13O6P2Pd. The third-order valence-electron chi connectivity index (χ3n) is 26.5. The summed E-state index contributed by atoms with van der Waals surface area (Å²) in [6.45, 7) is 34.2. The van der Waals surface area contributed by atoms with Crippen LogP contribution < -0.4 is 63.7 Å². The van der Waals surface area contributed by atoms with Crippen molar-refractivity contribution in [3.05, 3.63) is 365 Å². The van der Waals surface area contributed by atoms with Gasteiger partial charge in [0.25, 0.3) is 0 Å². The van der Waals surface area contributed by atoms with Gasteiger partial charge in [-0.25, -0.2) is 18.7 Å². The Balaban J connectivity index is 0.000000155. The Morgan fingerprint density at radius 1 is 0.405 bits per heavy atom. The molecule has 782 valence electrons. The number of H-pyrrole nitrogens is 1. The van der Waals surface area contributed by atoms with E-state index < -0.39 is 39.7 Å². The molecule has 0 bridgehead atoms. The van der Waals surface area contributed by atoms with Crippen LogP contribution in [0.2, 0.25) is 20.1 Å². The fourth-order valence-electron chi connectivity index (χ4n) is 17.0. The normalized spacial score (nSPS) is 15.7. The van der Waals surface area contributed by atoms with Crippen molar-refractivity contribution in [3.63, 3.8) is 0 Å². The van der Waals surface area contributed by atoms with E-state index in [1.807, 2.05) is 48.5 Å². The van der Waals surface area contributed by atoms with Crippen molar-refractivity contribution >= 4 is 174 Å². The first-order valence-electron chi connectivity index (χ1n) is 49.3. The van der Waals surface area contributed by atoms with Crippen LogP contribution in [-0.4, -0.2) is 156 Å². The van der Waals surface area contributed by atoms with E-state index >= 15 is 0 Å². The molecule has 0 radical (unpaired) electrons. The number of aromatic nitrogens is 8. The average Bonchev–Trinajstić information content (AvgIpc) is 1.63. The van der Waals surface area contributed by atoms with Gasteiger partial charge in [0.15, 0.2) is 23.1 Å². The first-order valence-corrected chi connectivity index (χ1v) is 58.0. The molecule has 5 saturated heterocycles. The van der Waals surface area contributed by atoms with Gasteiger partial charge in [-0.1, -0.05) is 277 Å². The van der Waals surface area contributed by atoms with Crippen molar-refractivity contribution < 1.29 is 52.8 Å². The summed E-state index contributed by atoms with van der Waals surface area (Å²) >= 11 is 29.8. The number of hydrogen-bond acceptors (Lipinski definition) is 16. The number of nitrogens with two attached hydrogens (primary N) is 2. The molecule has 0 spiro atoms. The summed E-state index contributed by atoms with van der Waals surface area (Å²) in [6.07, 6.45) is 21.6. The topological polar surface area (TPSA) is 207 Å². The van der Waals surface area contributed by atoms with Crippen LogP contribution in [0.5, 0.6) is 11.5 Å². The van der Waals surface area contributed by atoms with Gasteiger partial charge in [0.2, 0.25) is 0 Å². The van der Waals surface area contributed by atoms with E-state index in [1.165, 1.54) is 126 Å². The number of alkyl halides is 1. The molecule has 20 rings (SSSR count). The molecule has 19 nitrogen and oxygen atoms in total. The third kappa shape index (κ3) is 33.2. The van der Waals surface area contributed by atoms with Crippen LogP contribution in [0.1, 0.15) is 137 Å². The Labute approximate surface area is 921 Å². The standard InChI is InChI=1S/C22H24Cl2FN5O.C21H30BN3O2.2C18H15P.C15H19BN2O2.C14H13Cl2FN2O.C6H12ClN.3ClH.Pd/c1-14(20-17(23)4-5-18(25)21(20)24)31-19-10-15(11-27-22(19)26)16-12-28-30(13-16)9-8-29-6-2-3-7-29;1-20(2)21(3,4)27-22(26-20)19-9-7-17(8-10-19)18-15-23-25(16-18)14-13-24-11-5-6-12-24;2*1-4-10-16(11-5-1)19(17-12-6-2-7-13-17)18-14-8-3-9-15-18;1-14(2)15(3,4)20-16(19-14)13-7-5-11(6-8-13)12-9-17-18-10-12;1-7-5-11(14(18)19-6-7)20-8(2)12-9(15)3-4-10(17)13(12)16;7-3-6-8-4-1-2-5-8;;;;/h4-5,10-14H,2-3,6-9H2,1H3,(H2,26,27);7-10,15-16H,5-6,11-14H2,1-4H3;2*1-15H;5-10H,1-4H3,(H,17,18);3-6,8H,1-2H3,(H2,18,19);1-6H2;3*1H;/q;;;;;;;;;;+2/p-2. The second kappa shape index (κ2) is 57.5. The SMILES string of the molecule is CC(Oc1cc(-c2cnn(CCN3CCCC3)c2)cnc1N)c1c(Cl)ccc(F)c1Cl.CC1(C)OB(c2ccc(-c3cn[nH]c3)cc2)OC1(C)C.CC1(C)OB(c2ccc(-c3cnn(CCN4CCCC4)c3)cc2)OC1(C)C.Cc1cnc(N)c(OC(C)c2c(Cl)ccc(F)c2Cl)c1.Cl.ClCCN1CCCC1.[Cl][Pd][Cl].c1ccc(P(c2ccccc2)c2ccccc2)cc1.c1ccc(P(c2ccccc2)c2ccccc2)cc1. The maximum Gasteiger partial charge on any atom is -0.0134 e. The van der Waals surface area contributed by atoms with Gasteiger partial charge in [-0.15, -0.1) is 24.0 Å². The van der Waals surface area contributed by atoms with Crippen molar-refractivity contribution in [3.8, 4) is 44.9 Å². The summed E-state index contributed by atoms with van der Waals surface area (Å²) < 4.78 is 67.4. The van der Waals surface area contributed by atoms with E-state index in [2.05, 4.69) is 330 Å². The first kappa shape index (κ1) is 118. The van der Waals surface area contributed by atoms with Crippen LogP contribution in [0, 0.1) is 18.6 Å². The number of rotatable bonds is 25. The van der Waals surface area contributed by atoms with Crippen molar-refractivity contribution in [2.24, 2.45) is 0 Å². The number of aromatic amines is 1. The predicted molar refractivity (Wildman–Crippen MR) is 614 cm³/mol. The Morgan fingerprint density at radius 2 is 0.716 bits per heavy atom. The van der Waals surface area contributed by atoms with Gasteiger partial charge in [0.1, 0.15) is 23.8 Å². The summed E-state index contributed by atoms with van der Waals surface area (Å²) in [5.41, 5.74) is 20.5. The van der Waals surface area contributed by atoms with E-state index in [1.54, 1.807) is 44.6 Å². The summed E-state index contributed by atoms with van der Waals surface area (Å²) in [5, 5.41) is 24.7. The number of nitrogens with zero attached hydrogens (tertiary/aromatic N) is 10. The molecule has 10 heterocycles. The average molecular weight is 2290 g/mol. The van der Waals surface area contributed by atoms with E-state index in [-0.39, 0.29) is 86.7 Å². The van der Waals surface area contributed by atoms with Crippen molar-refractivity contribution in [2.75, 3.05) is 76.3 Å². The molecule has 34 heteroatoms.